The Labute approximate surface area is 156 Å². The maximum atomic E-state index is 14.4. The lowest BCUT2D eigenvalue weighted by molar-refractivity contribution is -0.137. The molecular weight excluding hydrogens is 380 g/mol. The van der Waals surface area contributed by atoms with Crippen LogP contribution in [-0.4, -0.2) is 34.0 Å². The third-order valence-corrected chi connectivity index (χ3v) is 4.56. The number of rotatable bonds is 2. The number of carbonyl (C=O) groups excluding carboxylic acids is 1. The highest BCUT2D eigenvalue weighted by molar-refractivity contribution is 5.89. The predicted octanol–water partition coefficient (Wildman–Crippen LogP) is 3.92. The van der Waals surface area contributed by atoms with E-state index in [1.54, 1.807) is 11.8 Å². The van der Waals surface area contributed by atoms with Crippen molar-refractivity contribution in [1.82, 2.24) is 15.1 Å². The molecule has 1 aliphatic heterocycles. The van der Waals surface area contributed by atoms with Crippen molar-refractivity contribution in [2.75, 3.05) is 18.0 Å². The molecule has 3 aromatic rings. The fraction of sp³-hybridized carbons (Fsp3) is 0.333. The molecule has 0 aliphatic carbocycles. The Morgan fingerprint density at radius 2 is 1.82 bits per heavy atom. The summed E-state index contributed by atoms with van der Waals surface area (Å²) in [6, 6.07) is 2.62. The molecule has 28 heavy (non-hydrogen) atoms. The van der Waals surface area contributed by atoms with Gasteiger partial charge in [-0.2, -0.15) is 18.2 Å². The van der Waals surface area contributed by atoms with Gasteiger partial charge in [0.15, 0.2) is 5.82 Å². The molecule has 0 saturated carbocycles. The molecule has 146 valence electrons. The van der Waals surface area contributed by atoms with Crippen LogP contribution in [0.3, 0.4) is 0 Å². The summed E-state index contributed by atoms with van der Waals surface area (Å²) in [6.45, 7) is 2.32. The summed E-state index contributed by atoms with van der Waals surface area (Å²) in [7, 11) is 0. The molecule has 0 unspecified atom stereocenters. The zero-order chi connectivity index (χ0) is 20.1. The maximum absolute atomic E-state index is 14.4. The largest absolute Gasteiger partial charge is 0.416 e. The number of carbonyl (C=O) groups is 1. The number of alkyl halides is 3. The Morgan fingerprint density at radius 1 is 1.11 bits per heavy atom. The fourth-order valence-corrected chi connectivity index (χ4v) is 3.17. The Morgan fingerprint density at radius 3 is 2.43 bits per heavy atom. The van der Waals surface area contributed by atoms with Crippen molar-refractivity contribution in [3.8, 4) is 11.5 Å². The first kappa shape index (κ1) is 18.3. The lowest BCUT2D eigenvalue weighted by Crippen LogP contribution is -2.34. The number of fused-ring (bicyclic) bond motifs is 1. The van der Waals surface area contributed by atoms with Crippen LogP contribution in [0, 0.1) is 12.7 Å². The molecule has 0 amide bonds. The molecule has 1 saturated heterocycles. The number of aryl methyl sites for hydroxylation is 1. The highest BCUT2D eigenvalue weighted by Gasteiger charge is 2.32. The number of anilines is 1. The number of halogens is 4. The van der Waals surface area contributed by atoms with Crippen LogP contribution in [0.4, 0.5) is 23.4 Å². The van der Waals surface area contributed by atoms with Crippen LogP contribution in [0.5, 0.6) is 0 Å². The molecule has 1 aliphatic rings. The molecule has 3 heterocycles. The number of nitrogens with zero attached hydrogens (tertiary/aromatic N) is 4. The van der Waals surface area contributed by atoms with Crippen molar-refractivity contribution in [3.63, 3.8) is 0 Å². The third kappa shape index (κ3) is 3.30. The molecule has 6 nitrogen and oxygen atoms in total. The van der Waals surface area contributed by atoms with E-state index in [0.29, 0.717) is 49.2 Å². The van der Waals surface area contributed by atoms with Crippen LogP contribution in [0.1, 0.15) is 24.2 Å². The molecule has 1 aromatic carbocycles. The van der Waals surface area contributed by atoms with Crippen LogP contribution in [0.2, 0.25) is 0 Å². The monoisotopic (exact) mass is 394 g/mol. The minimum absolute atomic E-state index is 0.0324. The van der Waals surface area contributed by atoms with Crippen molar-refractivity contribution in [2.45, 2.75) is 25.9 Å². The molecule has 0 atom stereocenters. The summed E-state index contributed by atoms with van der Waals surface area (Å²) < 4.78 is 58.8. The summed E-state index contributed by atoms with van der Waals surface area (Å²) in [5.74, 6) is -0.273. The van der Waals surface area contributed by atoms with E-state index in [1.807, 2.05) is 0 Å². The van der Waals surface area contributed by atoms with Gasteiger partial charge in [-0.25, -0.2) is 9.37 Å². The van der Waals surface area contributed by atoms with Gasteiger partial charge in [-0.05, 0) is 25.1 Å². The van der Waals surface area contributed by atoms with Crippen LogP contribution >= 0.6 is 0 Å². The predicted molar refractivity (Wildman–Crippen MR) is 91.2 cm³/mol. The number of piperidine rings is 1. The van der Waals surface area contributed by atoms with E-state index < -0.39 is 17.6 Å². The maximum Gasteiger partial charge on any atom is 0.416 e. The van der Waals surface area contributed by atoms with E-state index >= 15 is 0 Å². The van der Waals surface area contributed by atoms with Crippen LogP contribution in [0.25, 0.3) is 22.4 Å². The molecule has 0 radical (unpaired) electrons. The van der Waals surface area contributed by atoms with Gasteiger partial charge < -0.3 is 9.42 Å². The smallest absolute Gasteiger partial charge is 0.355 e. The van der Waals surface area contributed by atoms with Crippen molar-refractivity contribution in [2.24, 2.45) is 0 Å². The van der Waals surface area contributed by atoms with Gasteiger partial charge in [0, 0.05) is 31.3 Å². The minimum Gasteiger partial charge on any atom is -0.355 e. The molecule has 2 aromatic heterocycles. The van der Waals surface area contributed by atoms with E-state index in [4.69, 9.17) is 4.52 Å². The van der Waals surface area contributed by atoms with Crippen molar-refractivity contribution < 1.29 is 26.9 Å². The summed E-state index contributed by atoms with van der Waals surface area (Å²) in [6.07, 6.45) is -4.09. The van der Waals surface area contributed by atoms with Gasteiger partial charge in [0.05, 0.1) is 11.1 Å². The zero-order valence-corrected chi connectivity index (χ0v) is 14.7. The standard InChI is InChI=1S/C18H14F4N4O2/c1-9-23-17(28-25-9)13-7-10-6-11(18(20,21)22)8-14(19)15(10)24-16(13)26-4-2-12(27)3-5-26/h6-8H,2-5H2,1H3. The molecule has 4 rings (SSSR count). The number of ketones is 1. The lowest BCUT2D eigenvalue weighted by atomic mass is 10.1. The first-order valence-corrected chi connectivity index (χ1v) is 8.51. The quantitative estimate of drug-likeness (QED) is 0.614. The van der Waals surface area contributed by atoms with Gasteiger partial charge >= 0.3 is 6.18 Å². The van der Waals surface area contributed by atoms with E-state index in [1.165, 1.54) is 6.07 Å². The Bertz CT molecular complexity index is 1070. The highest BCUT2D eigenvalue weighted by Crippen LogP contribution is 2.37. The first-order chi connectivity index (χ1) is 13.2. The van der Waals surface area contributed by atoms with Crippen LogP contribution in [-0.2, 0) is 11.0 Å². The molecule has 0 spiro atoms. The van der Waals surface area contributed by atoms with Crippen molar-refractivity contribution in [1.29, 1.82) is 0 Å². The second-order valence-corrected chi connectivity index (χ2v) is 6.56. The minimum atomic E-state index is -4.69. The fourth-order valence-electron chi connectivity index (χ4n) is 3.17. The highest BCUT2D eigenvalue weighted by atomic mass is 19.4. The normalized spacial score (nSPS) is 15.5. The van der Waals surface area contributed by atoms with Gasteiger partial charge in [0.25, 0.3) is 5.89 Å². The van der Waals surface area contributed by atoms with Gasteiger partial charge in [-0.3, -0.25) is 4.79 Å². The van der Waals surface area contributed by atoms with Crippen LogP contribution in [0.15, 0.2) is 22.7 Å². The van der Waals surface area contributed by atoms with Gasteiger partial charge in [-0.15, -0.1) is 0 Å². The first-order valence-electron chi connectivity index (χ1n) is 8.51. The number of hydrogen-bond acceptors (Lipinski definition) is 6. The van der Waals surface area contributed by atoms with Gasteiger partial charge in [0.1, 0.15) is 22.9 Å². The number of benzene rings is 1. The molecule has 10 heteroatoms. The summed E-state index contributed by atoms with van der Waals surface area (Å²) >= 11 is 0. The number of Topliss-reactive ketones (excluding diaryl/α,β-unsaturated/α-hetero) is 1. The van der Waals surface area contributed by atoms with Crippen molar-refractivity contribution in [3.05, 3.63) is 35.4 Å². The second kappa shape index (κ2) is 6.54. The topological polar surface area (TPSA) is 72.1 Å². The van der Waals surface area contributed by atoms with Crippen molar-refractivity contribution >= 4 is 22.5 Å². The van der Waals surface area contributed by atoms with E-state index in [-0.39, 0.29) is 22.6 Å². The summed E-state index contributed by atoms with van der Waals surface area (Å²) in [5, 5.41) is 3.67. The number of pyridine rings is 1. The average Bonchev–Trinajstić information content (AvgIpc) is 3.07. The SMILES string of the molecule is Cc1noc(-c2cc3cc(C(F)(F)F)cc(F)c3nc2N2CCC(=O)CC2)n1. The molecule has 1 fully saturated rings. The Hall–Kier alpha value is -3.04. The van der Waals surface area contributed by atoms with E-state index in [9.17, 15) is 22.4 Å². The third-order valence-electron chi connectivity index (χ3n) is 4.56. The number of aromatic nitrogens is 3. The Kier molecular flexibility index (Phi) is 4.28. The van der Waals surface area contributed by atoms with Gasteiger partial charge in [0.2, 0.25) is 0 Å². The molecule has 0 N–H and O–H groups in total. The van der Waals surface area contributed by atoms with Crippen LogP contribution < -0.4 is 4.90 Å². The van der Waals surface area contributed by atoms with Gasteiger partial charge in [-0.1, -0.05) is 5.16 Å². The van der Waals surface area contributed by atoms with E-state index in [2.05, 4.69) is 15.1 Å². The van der Waals surface area contributed by atoms with E-state index in [0.717, 1.165) is 6.07 Å². The molecular formula is C18H14F4N4O2. The second-order valence-electron chi connectivity index (χ2n) is 6.56. The lowest BCUT2D eigenvalue weighted by Gasteiger charge is -2.28. The summed E-state index contributed by atoms with van der Waals surface area (Å²) in [4.78, 5) is 21.7. The Balaban J connectivity index is 1.93. The zero-order valence-electron chi connectivity index (χ0n) is 14.7. The summed E-state index contributed by atoms with van der Waals surface area (Å²) in [5.41, 5.74) is -1.01. The molecule has 0 bridgehead atoms. The number of hydrogen-bond donors (Lipinski definition) is 0. The average molecular weight is 394 g/mol.